The topological polar surface area (TPSA) is 46.2 Å². The third-order valence-electron chi connectivity index (χ3n) is 7.46. The lowest BCUT2D eigenvalue weighted by atomic mass is 9.73. The zero-order chi connectivity index (χ0) is 26.4. The molecule has 1 aliphatic rings. The summed E-state index contributed by atoms with van der Waals surface area (Å²) in [4.78, 5) is 0. The Labute approximate surface area is 218 Å². The lowest BCUT2D eigenvalue weighted by molar-refractivity contribution is -0.267. The minimum absolute atomic E-state index is 0.0740. The molecular formula is C30H44O5Si. The first-order chi connectivity index (χ1) is 17.1. The van der Waals surface area contributed by atoms with Gasteiger partial charge in [0.15, 0.2) is 0 Å². The largest absolute Gasteiger partial charge is 0.405 e. The van der Waals surface area contributed by atoms with Gasteiger partial charge in [-0.25, -0.2) is 0 Å². The van der Waals surface area contributed by atoms with E-state index in [4.69, 9.17) is 23.4 Å². The molecule has 36 heavy (non-hydrogen) atoms. The monoisotopic (exact) mass is 512 g/mol. The van der Waals surface area contributed by atoms with E-state index in [1.807, 2.05) is 6.08 Å². The number of ether oxygens (including phenoxy) is 4. The molecule has 0 aromatic heterocycles. The SMILES string of the molecule is C=CC[C@H]1O[C@H](CO[Si](c2ccccc2)(c2ccccc2)C(C)(C)C)[C@H](OCOC)[C@@H](OC)C1(C)C. The van der Waals surface area contributed by atoms with Crippen LogP contribution in [-0.4, -0.2) is 60.4 Å². The summed E-state index contributed by atoms with van der Waals surface area (Å²) in [6, 6.07) is 21.3. The summed E-state index contributed by atoms with van der Waals surface area (Å²) >= 11 is 0. The van der Waals surface area contributed by atoms with Crippen LogP contribution in [0.15, 0.2) is 73.3 Å². The van der Waals surface area contributed by atoms with Gasteiger partial charge in [-0.15, -0.1) is 6.58 Å². The number of benzene rings is 2. The average molecular weight is 513 g/mol. The van der Waals surface area contributed by atoms with Crippen molar-refractivity contribution in [3.63, 3.8) is 0 Å². The molecule has 0 unspecified atom stereocenters. The first kappa shape index (κ1) is 28.8. The molecule has 1 saturated heterocycles. The zero-order valence-corrected chi connectivity index (χ0v) is 24.0. The van der Waals surface area contributed by atoms with E-state index >= 15 is 0 Å². The molecule has 0 saturated carbocycles. The highest BCUT2D eigenvalue weighted by Crippen LogP contribution is 2.42. The molecule has 0 spiro atoms. The summed E-state index contributed by atoms with van der Waals surface area (Å²) in [5.41, 5.74) is -0.282. The zero-order valence-electron chi connectivity index (χ0n) is 23.0. The fourth-order valence-electron chi connectivity index (χ4n) is 5.66. The lowest BCUT2D eigenvalue weighted by Crippen LogP contribution is -2.68. The molecule has 2 aromatic carbocycles. The van der Waals surface area contributed by atoms with Gasteiger partial charge in [-0.1, -0.05) is 101 Å². The van der Waals surface area contributed by atoms with Crippen molar-refractivity contribution in [2.45, 2.75) is 70.5 Å². The average Bonchev–Trinajstić information content (AvgIpc) is 2.85. The highest BCUT2D eigenvalue weighted by Gasteiger charge is 2.54. The fraction of sp³-hybridized carbons (Fsp3) is 0.533. The van der Waals surface area contributed by atoms with E-state index in [0.29, 0.717) is 6.61 Å². The van der Waals surface area contributed by atoms with Crippen molar-refractivity contribution >= 4 is 18.7 Å². The minimum atomic E-state index is -2.73. The van der Waals surface area contributed by atoms with Crippen LogP contribution in [-0.2, 0) is 23.4 Å². The van der Waals surface area contributed by atoms with Crippen LogP contribution in [0.5, 0.6) is 0 Å². The van der Waals surface area contributed by atoms with Gasteiger partial charge in [-0.05, 0) is 21.8 Å². The number of rotatable bonds is 11. The molecule has 1 heterocycles. The normalized spacial score (nSPS) is 24.4. The minimum Gasteiger partial charge on any atom is -0.405 e. The van der Waals surface area contributed by atoms with Gasteiger partial charge < -0.3 is 23.4 Å². The molecular weight excluding hydrogens is 468 g/mol. The second kappa shape index (κ2) is 12.2. The van der Waals surface area contributed by atoms with Crippen molar-refractivity contribution in [1.29, 1.82) is 0 Å². The first-order valence-corrected chi connectivity index (χ1v) is 14.7. The molecule has 0 amide bonds. The van der Waals surface area contributed by atoms with Gasteiger partial charge >= 0.3 is 0 Å². The molecule has 4 atom stereocenters. The molecule has 0 radical (unpaired) electrons. The maximum absolute atomic E-state index is 7.22. The fourth-order valence-corrected chi connectivity index (χ4v) is 10.2. The summed E-state index contributed by atoms with van der Waals surface area (Å²) < 4.78 is 31.5. The second-order valence-electron chi connectivity index (χ2n) is 11.2. The van der Waals surface area contributed by atoms with Crippen LogP contribution in [0, 0.1) is 5.41 Å². The Kier molecular flexibility index (Phi) is 9.72. The summed E-state index contributed by atoms with van der Waals surface area (Å²) in [6.45, 7) is 15.7. The van der Waals surface area contributed by atoms with Crippen molar-refractivity contribution in [3.05, 3.63) is 73.3 Å². The quantitative estimate of drug-likeness (QED) is 0.243. The van der Waals surface area contributed by atoms with Gasteiger partial charge in [0.25, 0.3) is 8.32 Å². The molecule has 1 aliphatic heterocycles. The lowest BCUT2D eigenvalue weighted by Gasteiger charge is -2.52. The Hall–Kier alpha value is -1.80. The highest BCUT2D eigenvalue weighted by atomic mass is 28.4. The van der Waals surface area contributed by atoms with E-state index in [1.54, 1.807) is 14.2 Å². The van der Waals surface area contributed by atoms with E-state index in [0.717, 1.165) is 6.42 Å². The predicted octanol–water partition coefficient (Wildman–Crippen LogP) is 4.94. The summed E-state index contributed by atoms with van der Waals surface area (Å²) in [5, 5.41) is 2.34. The van der Waals surface area contributed by atoms with Gasteiger partial charge in [0.05, 0.1) is 18.8 Å². The van der Waals surface area contributed by atoms with E-state index < -0.39 is 8.32 Å². The van der Waals surface area contributed by atoms with E-state index in [-0.39, 0.29) is 41.7 Å². The van der Waals surface area contributed by atoms with E-state index in [2.05, 4.69) is 102 Å². The molecule has 0 N–H and O–H groups in total. The van der Waals surface area contributed by atoms with Gasteiger partial charge in [-0.2, -0.15) is 0 Å². The standard InChI is InChI=1S/C30H44O5Si/c1-9-16-26-30(5,6)28(32-8)27(33-22-31-7)25(35-26)21-34-36(29(2,3)4,23-17-12-10-13-18-23)24-19-14-11-15-20-24/h9-15,17-20,25-28H,1,16,21-22H2,2-8H3/t25-,26-,27+,28-/m1/s1. The van der Waals surface area contributed by atoms with Crippen molar-refractivity contribution in [1.82, 2.24) is 0 Å². The van der Waals surface area contributed by atoms with Crippen LogP contribution in [0.3, 0.4) is 0 Å². The van der Waals surface area contributed by atoms with Crippen LogP contribution in [0.25, 0.3) is 0 Å². The van der Waals surface area contributed by atoms with Gasteiger partial charge in [0, 0.05) is 19.6 Å². The number of hydrogen-bond donors (Lipinski definition) is 0. The maximum atomic E-state index is 7.22. The van der Waals surface area contributed by atoms with Crippen LogP contribution in [0.4, 0.5) is 0 Å². The third-order valence-corrected chi connectivity index (χ3v) is 12.5. The van der Waals surface area contributed by atoms with Crippen molar-refractivity contribution in [3.8, 4) is 0 Å². The molecule has 3 rings (SSSR count). The Morgan fingerprint density at radius 1 is 0.972 bits per heavy atom. The first-order valence-electron chi connectivity index (χ1n) is 12.8. The maximum Gasteiger partial charge on any atom is 0.261 e. The smallest absolute Gasteiger partial charge is 0.261 e. The summed E-state index contributed by atoms with van der Waals surface area (Å²) in [6.07, 6.45) is 1.69. The molecule has 198 valence electrons. The molecule has 0 bridgehead atoms. The van der Waals surface area contributed by atoms with Crippen molar-refractivity contribution < 1.29 is 23.4 Å². The number of methoxy groups -OCH3 is 2. The number of hydrogen-bond acceptors (Lipinski definition) is 5. The molecule has 2 aromatic rings. The Balaban J connectivity index is 2.05. The van der Waals surface area contributed by atoms with Crippen molar-refractivity contribution in [2.75, 3.05) is 27.6 Å². The van der Waals surface area contributed by atoms with Gasteiger partial charge in [0.2, 0.25) is 0 Å². The summed E-state index contributed by atoms with van der Waals surface area (Å²) in [7, 11) is 0.642. The predicted molar refractivity (Wildman–Crippen MR) is 148 cm³/mol. The molecule has 5 nitrogen and oxygen atoms in total. The van der Waals surface area contributed by atoms with Gasteiger partial charge in [0.1, 0.15) is 19.0 Å². The molecule has 6 heteroatoms. The van der Waals surface area contributed by atoms with Crippen molar-refractivity contribution in [2.24, 2.45) is 5.41 Å². The molecule has 1 fully saturated rings. The Morgan fingerprint density at radius 3 is 1.97 bits per heavy atom. The van der Waals surface area contributed by atoms with E-state index in [9.17, 15) is 0 Å². The van der Waals surface area contributed by atoms with Crippen LogP contribution >= 0.6 is 0 Å². The van der Waals surface area contributed by atoms with Crippen LogP contribution in [0.1, 0.15) is 41.0 Å². The van der Waals surface area contributed by atoms with Crippen LogP contribution in [0.2, 0.25) is 5.04 Å². The Morgan fingerprint density at radius 2 is 1.53 bits per heavy atom. The van der Waals surface area contributed by atoms with Gasteiger partial charge in [-0.3, -0.25) is 0 Å². The molecule has 0 aliphatic carbocycles. The second-order valence-corrected chi connectivity index (χ2v) is 15.5. The highest BCUT2D eigenvalue weighted by molar-refractivity contribution is 6.99. The Bertz CT molecular complexity index is 901. The van der Waals surface area contributed by atoms with E-state index in [1.165, 1.54) is 10.4 Å². The summed E-state index contributed by atoms with van der Waals surface area (Å²) in [5.74, 6) is 0. The van der Waals surface area contributed by atoms with Crippen LogP contribution < -0.4 is 10.4 Å². The third kappa shape index (κ3) is 5.69.